The molecule has 6 heteroatoms. The molecule has 1 N–H and O–H groups in total. The van der Waals surface area contributed by atoms with Crippen molar-refractivity contribution in [3.05, 3.63) is 33.7 Å². The van der Waals surface area contributed by atoms with Gasteiger partial charge in [-0.15, -0.1) is 0 Å². The number of carbonyl (C=O) groups excluding carboxylic acids is 2. The highest BCUT2D eigenvalue weighted by Gasteiger charge is 2.42. The molecule has 1 aromatic rings. The van der Waals surface area contributed by atoms with Crippen molar-refractivity contribution in [3.8, 4) is 0 Å². The highest BCUT2D eigenvalue weighted by atomic mass is 16.2. The van der Waals surface area contributed by atoms with E-state index in [2.05, 4.69) is 4.98 Å². The van der Waals surface area contributed by atoms with Crippen molar-refractivity contribution < 1.29 is 9.59 Å². The van der Waals surface area contributed by atoms with E-state index in [1.54, 1.807) is 22.9 Å². The number of aromatic nitrogens is 1. The lowest BCUT2D eigenvalue weighted by Gasteiger charge is -2.31. The van der Waals surface area contributed by atoms with Crippen LogP contribution in [-0.4, -0.2) is 53.3 Å². The summed E-state index contributed by atoms with van der Waals surface area (Å²) in [4.78, 5) is 43.3. The number of piperidine rings is 1. The zero-order valence-electron chi connectivity index (χ0n) is 15.4. The van der Waals surface area contributed by atoms with E-state index in [0.29, 0.717) is 18.3 Å². The number of carbonyl (C=O) groups is 2. The minimum Gasteiger partial charge on any atom is -0.345 e. The molecule has 1 aliphatic heterocycles. The fourth-order valence-corrected chi connectivity index (χ4v) is 4.15. The third-order valence-corrected chi connectivity index (χ3v) is 5.84. The van der Waals surface area contributed by atoms with E-state index >= 15 is 0 Å². The van der Waals surface area contributed by atoms with Crippen LogP contribution in [0.1, 0.15) is 55.1 Å². The topological polar surface area (TPSA) is 73.5 Å². The van der Waals surface area contributed by atoms with Gasteiger partial charge in [0.25, 0.3) is 11.5 Å². The molecule has 2 heterocycles. The zero-order chi connectivity index (χ0) is 18.3. The van der Waals surface area contributed by atoms with Gasteiger partial charge in [0, 0.05) is 38.8 Å². The van der Waals surface area contributed by atoms with Crippen molar-refractivity contribution in [1.82, 2.24) is 14.8 Å². The molecule has 0 bridgehead atoms. The second-order valence-electron chi connectivity index (χ2n) is 7.85. The number of likely N-dealkylation sites (tertiary alicyclic amines) is 1. The Morgan fingerprint density at radius 1 is 1.24 bits per heavy atom. The van der Waals surface area contributed by atoms with Gasteiger partial charge in [0.1, 0.15) is 5.56 Å². The summed E-state index contributed by atoms with van der Waals surface area (Å²) in [7, 11) is 3.61. The number of hydrogen-bond donors (Lipinski definition) is 1. The van der Waals surface area contributed by atoms with Crippen LogP contribution in [0.5, 0.6) is 0 Å². The molecule has 0 radical (unpaired) electrons. The van der Waals surface area contributed by atoms with Crippen LogP contribution in [0.2, 0.25) is 0 Å². The van der Waals surface area contributed by atoms with Crippen molar-refractivity contribution in [2.45, 2.75) is 45.1 Å². The number of hydrogen-bond acceptors (Lipinski definition) is 3. The maximum absolute atomic E-state index is 12.8. The maximum Gasteiger partial charge on any atom is 0.261 e. The first-order valence-electron chi connectivity index (χ1n) is 9.02. The quantitative estimate of drug-likeness (QED) is 0.908. The Labute approximate surface area is 148 Å². The number of nitrogens with one attached hydrogen (secondary N) is 1. The van der Waals surface area contributed by atoms with Crippen LogP contribution < -0.4 is 5.56 Å². The SMILES string of the molecule is CC(C)c1ccc(C(=O)N(C)[C@@H]2C[C@@H]3CC(=O)N(C)C[C@@H]3C2)c(=O)[nH]1. The van der Waals surface area contributed by atoms with Gasteiger partial charge in [-0.2, -0.15) is 0 Å². The first-order chi connectivity index (χ1) is 11.8. The minimum absolute atomic E-state index is 0.0889. The van der Waals surface area contributed by atoms with E-state index < -0.39 is 0 Å². The smallest absolute Gasteiger partial charge is 0.261 e. The van der Waals surface area contributed by atoms with E-state index in [1.165, 1.54) is 0 Å². The molecular formula is C19H27N3O3. The standard InChI is InChI=1S/C19H27N3O3/c1-11(2)16-6-5-15(18(24)20-16)19(25)22(4)14-7-12-9-17(23)21(3)10-13(12)8-14/h5-6,11-14H,7-10H2,1-4H3,(H,20,24)/t12-,13+,14-/m1/s1. The average Bonchev–Trinajstić information content (AvgIpc) is 2.96. The van der Waals surface area contributed by atoms with Crippen molar-refractivity contribution in [1.29, 1.82) is 0 Å². The van der Waals surface area contributed by atoms with Crippen LogP contribution in [0.3, 0.4) is 0 Å². The van der Waals surface area contributed by atoms with Crippen molar-refractivity contribution in [2.24, 2.45) is 11.8 Å². The second kappa shape index (κ2) is 6.65. The average molecular weight is 345 g/mol. The molecule has 1 saturated heterocycles. The Morgan fingerprint density at radius 3 is 2.56 bits per heavy atom. The lowest BCUT2D eigenvalue weighted by atomic mass is 9.88. The van der Waals surface area contributed by atoms with Crippen LogP contribution in [0.15, 0.2) is 16.9 Å². The highest BCUT2D eigenvalue weighted by Crippen LogP contribution is 2.40. The molecule has 3 atom stereocenters. The number of fused-ring (bicyclic) bond motifs is 1. The van der Waals surface area contributed by atoms with Crippen LogP contribution >= 0.6 is 0 Å². The summed E-state index contributed by atoms with van der Waals surface area (Å²) in [5, 5.41) is 0. The summed E-state index contributed by atoms with van der Waals surface area (Å²) in [5.41, 5.74) is 0.695. The summed E-state index contributed by atoms with van der Waals surface area (Å²) in [6, 6.07) is 3.53. The van der Waals surface area contributed by atoms with E-state index in [0.717, 1.165) is 25.1 Å². The van der Waals surface area contributed by atoms with Crippen LogP contribution in [0, 0.1) is 11.8 Å². The molecule has 1 aliphatic carbocycles. The molecule has 6 nitrogen and oxygen atoms in total. The Morgan fingerprint density at radius 2 is 1.92 bits per heavy atom. The third-order valence-electron chi connectivity index (χ3n) is 5.84. The molecule has 3 rings (SSSR count). The second-order valence-corrected chi connectivity index (χ2v) is 7.85. The molecule has 0 aromatic carbocycles. The molecule has 2 fully saturated rings. The lowest BCUT2D eigenvalue weighted by molar-refractivity contribution is -0.134. The highest BCUT2D eigenvalue weighted by molar-refractivity contribution is 5.94. The molecule has 0 unspecified atom stereocenters. The van der Waals surface area contributed by atoms with Crippen molar-refractivity contribution in [3.63, 3.8) is 0 Å². The molecule has 0 spiro atoms. The minimum atomic E-state index is -0.326. The summed E-state index contributed by atoms with van der Waals surface area (Å²) >= 11 is 0. The molecule has 25 heavy (non-hydrogen) atoms. The summed E-state index contributed by atoms with van der Waals surface area (Å²) < 4.78 is 0. The normalized spacial score (nSPS) is 26.0. The van der Waals surface area contributed by atoms with Gasteiger partial charge in [0.05, 0.1) is 0 Å². The van der Waals surface area contributed by atoms with Crippen molar-refractivity contribution in [2.75, 3.05) is 20.6 Å². The molecule has 1 aromatic heterocycles. The number of nitrogens with zero attached hydrogens (tertiary/aromatic N) is 2. The van der Waals surface area contributed by atoms with Gasteiger partial charge in [-0.1, -0.05) is 13.8 Å². The molecule has 2 amide bonds. The number of pyridine rings is 1. The van der Waals surface area contributed by atoms with Crippen molar-refractivity contribution >= 4 is 11.8 Å². The van der Waals surface area contributed by atoms with Crippen LogP contribution in [0.4, 0.5) is 0 Å². The summed E-state index contributed by atoms with van der Waals surface area (Å²) in [6.07, 6.45) is 2.31. The molecule has 2 aliphatic rings. The predicted molar refractivity (Wildman–Crippen MR) is 95.5 cm³/mol. The largest absolute Gasteiger partial charge is 0.345 e. The molecule has 1 saturated carbocycles. The van der Waals surface area contributed by atoms with E-state index in [9.17, 15) is 14.4 Å². The maximum atomic E-state index is 12.8. The van der Waals surface area contributed by atoms with Gasteiger partial charge in [0.15, 0.2) is 0 Å². The van der Waals surface area contributed by atoms with Crippen LogP contribution in [0.25, 0.3) is 0 Å². The third kappa shape index (κ3) is 3.34. The van der Waals surface area contributed by atoms with E-state index in [4.69, 9.17) is 0 Å². The Balaban J connectivity index is 1.73. The lowest BCUT2D eigenvalue weighted by Crippen LogP contribution is -2.40. The Hall–Kier alpha value is -2.11. The van der Waals surface area contributed by atoms with Gasteiger partial charge in [-0.05, 0) is 42.7 Å². The van der Waals surface area contributed by atoms with Crippen LogP contribution in [-0.2, 0) is 4.79 Å². The van der Waals surface area contributed by atoms with Gasteiger partial charge < -0.3 is 14.8 Å². The fraction of sp³-hybridized carbons (Fsp3) is 0.632. The van der Waals surface area contributed by atoms with Gasteiger partial charge >= 0.3 is 0 Å². The first kappa shape index (κ1) is 17.7. The monoisotopic (exact) mass is 345 g/mol. The summed E-state index contributed by atoms with van der Waals surface area (Å²) in [5.74, 6) is 0.966. The number of amides is 2. The molecule has 136 valence electrons. The van der Waals surface area contributed by atoms with Gasteiger partial charge in [-0.25, -0.2) is 0 Å². The van der Waals surface area contributed by atoms with Gasteiger partial charge in [0.2, 0.25) is 5.91 Å². The number of aromatic amines is 1. The Bertz CT molecular complexity index is 740. The number of rotatable bonds is 3. The Kier molecular flexibility index (Phi) is 4.71. The number of H-pyrrole nitrogens is 1. The van der Waals surface area contributed by atoms with E-state index in [-0.39, 0.29) is 34.9 Å². The zero-order valence-corrected chi connectivity index (χ0v) is 15.4. The van der Waals surface area contributed by atoms with Gasteiger partial charge in [-0.3, -0.25) is 14.4 Å². The predicted octanol–water partition coefficient (Wildman–Crippen LogP) is 1.83. The summed E-state index contributed by atoms with van der Waals surface area (Å²) in [6.45, 7) is 4.76. The first-order valence-corrected chi connectivity index (χ1v) is 9.02. The fourth-order valence-electron chi connectivity index (χ4n) is 4.15. The van der Waals surface area contributed by atoms with E-state index in [1.807, 2.05) is 27.0 Å². The molecular weight excluding hydrogens is 318 g/mol.